The quantitative estimate of drug-likeness (QED) is 0.743. The molecule has 132 valence electrons. The predicted octanol–water partition coefficient (Wildman–Crippen LogP) is 2.73. The number of aryl methyl sites for hydroxylation is 1. The minimum absolute atomic E-state index is 0.224. The summed E-state index contributed by atoms with van der Waals surface area (Å²) in [6, 6.07) is 9.16. The number of rotatable bonds is 2. The van der Waals surface area contributed by atoms with Crippen LogP contribution in [0.4, 0.5) is 22.0 Å². The molecule has 2 amide bonds. The number of amides is 2. The smallest absolute Gasteiger partial charge is 0.327 e. The van der Waals surface area contributed by atoms with Gasteiger partial charge in [0.2, 0.25) is 0 Å². The Hall–Kier alpha value is -3.42. The fourth-order valence-electron chi connectivity index (χ4n) is 2.95. The van der Waals surface area contributed by atoms with Crippen LogP contribution in [0.5, 0.6) is 0 Å². The van der Waals surface area contributed by atoms with Crippen LogP contribution < -0.4 is 15.5 Å². The van der Waals surface area contributed by atoms with Crippen molar-refractivity contribution in [2.75, 3.05) is 28.6 Å². The summed E-state index contributed by atoms with van der Waals surface area (Å²) in [6.45, 7) is 1.37. The van der Waals surface area contributed by atoms with Crippen LogP contribution in [0.1, 0.15) is 6.42 Å². The Kier molecular flexibility index (Phi) is 4.22. The average Bonchev–Trinajstić information content (AvgIpc) is 2.97. The molecule has 3 aromatic rings. The molecule has 0 unspecified atom stereocenters. The number of fused-ring (bicyclic) bond motifs is 1. The molecule has 1 aliphatic heterocycles. The van der Waals surface area contributed by atoms with E-state index in [4.69, 9.17) is 4.98 Å². The largest absolute Gasteiger partial charge is 0.382 e. The van der Waals surface area contributed by atoms with Crippen LogP contribution in [0.15, 0.2) is 48.9 Å². The highest BCUT2D eigenvalue weighted by Gasteiger charge is 2.23. The van der Waals surface area contributed by atoms with E-state index in [1.54, 1.807) is 40.3 Å². The van der Waals surface area contributed by atoms with Gasteiger partial charge in [-0.15, -0.1) is 0 Å². The molecule has 3 aromatic heterocycles. The first kappa shape index (κ1) is 16.1. The average molecular weight is 349 g/mol. The van der Waals surface area contributed by atoms with Gasteiger partial charge in [-0.25, -0.2) is 9.78 Å². The third-order valence-corrected chi connectivity index (χ3v) is 4.25. The second-order valence-electron chi connectivity index (χ2n) is 6.01. The summed E-state index contributed by atoms with van der Waals surface area (Å²) in [5, 5.41) is 10.4. The van der Waals surface area contributed by atoms with Gasteiger partial charge >= 0.3 is 6.03 Å². The Morgan fingerprint density at radius 1 is 1.23 bits per heavy atom. The van der Waals surface area contributed by atoms with Gasteiger partial charge in [0, 0.05) is 32.5 Å². The molecular formula is C18H19N7O. The van der Waals surface area contributed by atoms with Gasteiger partial charge in [-0.1, -0.05) is 0 Å². The number of nitrogens with one attached hydrogen (secondary N) is 2. The van der Waals surface area contributed by atoms with E-state index in [1.807, 2.05) is 25.2 Å². The summed E-state index contributed by atoms with van der Waals surface area (Å²) in [5.74, 6) is 0.614. The maximum atomic E-state index is 12.8. The summed E-state index contributed by atoms with van der Waals surface area (Å²) in [6.07, 6.45) is 5.85. The molecule has 0 atom stereocenters. The molecule has 8 heteroatoms. The second-order valence-corrected chi connectivity index (χ2v) is 6.01. The van der Waals surface area contributed by atoms with Crippen LogP contribution in [0.3, 0.4) is 0 Å². The standard InChI is InChI=1S/C18H19N7O/c1-24-16(7-10-21-24)14-5-6-15-17(23-14)25(11-3-9-20-15)18(26)22-13-4-2-8-19-12-13/h2,4-8,10,12,20H,3,9,11H2,1H3,(H,22,26). The van der Waals surface area contributed by atoms with E-state index in [0.717, 1.165) is 30.0 Å². The normalized spacial score (nSPS) is 13.5. The second kappa shape index (κ2) is 6.83. The molecule has 0 aliphatic carbocycles. The van der Waals surface area contributed by atoms with Crippen molar-refractivity contribution >= 4 is 23.2 Å². The highest BCUT2D eigenvalue weighted by molar-refractivity contribution is 6.03. The van der Waals surface area contributed by atoms with E-state index in [0.29, 0.717) is 18.1 Å². The van der Waals surface area contributed by atoms with Crippen molar-refractivity contribution in [1.82, 2.24) is 19.7 Å². The number of hydrogen-bond acceptors (Lipinski definition) is 5. The monoisotopic (exact) mass is 349 g/mol. The molecule has 0 saturated carbocycles. The maximum Gasteiger partial charge on any atom is 0.327 e. The predicted molar refractivity (Wildman–Crippen MR) is 100 cm³/mol. The van der Waals surface area contributed by atoms with E-state index in [9.17, 15) is 4.79 Å². The molecule has 0 saturated heterocycles. The molecular weight excluding hydrogens is 330 g/mol. The van der Waals surface area contributed by atoms with Crippen molar-refractivity contribution in [2.45, 2.75) is 6.42 Å². The van der Waals surface area contributed by atoms with Crippen LogP contribution >= 0.6 is 0 Å². The number of hydrogen-bond donors (Lipinski definition) is 2. The van der Waals surface area contributed by atoms with Gasteiger partial charge in [0.15, 0.2) is 5.82 Å². The molecule has 0 fully saturated rings. The highest BCUT2D eigenvalue weighted by atomic mass is 16.2. The van der Waals surface area contributed by atoms with Crippen LogP contribution in [-0.2, 0) is 7.05 Å². The zero-order valence-electron chi connectivity index (χ0n) is 14.4. The van der Waals surface area contributed by atoms with Crippen molar-refractivity contribution in [3.63, 3.8) is 0 Å². The Morgan fingerprint density at radius 3 is 2.92 bits per heavy atom. The molecule has 0 aromatic carbocycles. The topological polar surface area (TPSA) is 88.0 Å². The minimum Gasteiger partial charge on any atom is -0.382 e. The first-order valence-electron chi connectivity index (χ1n) is 8.44. The maximum absolute atomic E-state index is 12.8. The highest BCUT2D eigenvalue weighted by Crippen LogP contribution is 2.30. The lowest BCUT2D eigenvalue weighted by Gasteiger charge is -2.22. The third-order valence-electron chi connectivity index (χ3n) is 4.25. The van der Waals surface area contributed by atoms with E-state index in [2.05, 4.69) is 20.7 Å². The van der Waals surface area contributed by atoms with Crippen molar-refractivity contribution in [3.8, 4) is 11.4 Å². The molecule has 0 radical (unpaired) electrons. The Balaban J connectivity index is 1.69. The van der Waals surface area contributed by atoms with E-state index in [-0.39, 0.29) is 6.03 Å². The fraction of sp³-hybridized carbons (Fsp3) is 0.222. The molecule has 26 heavy (non-hydrogen) atoms. The number of carbonyl (C=O) groups is 1. The molecule has 2 N–H and O–H groups in total. The van der Waals surface area contributed by atoms with Crippen molar-refractivity contribution in [1.29, 1.82) is 0 Å². The van der Waals surface area contributed by atoms with Crippen LogP contribution in [0.2, 0.25) is 0 Å². The number of anilines is 3. The van der Waals surface area contributed by atoms with Gasteiger partial charge in [0.1, 0.15) is 0 Å². The van der Waals surface area contributed by atoms with Crippen LogP contribution in [0.25, 0.3) is 11.4 Å². The van der Waals surface area contributed by atoms with Gasteiger partial charge in [0.05, 0.1) is 29.0 Å². The Bertz CT molecular complexity index is 922. The number of aromatic nitrogens is 4. The van der Waals surface area contributed by atoms with Gasteiger partial charge in [0.25, 0.3) is 0 Å². The number of carbonyl (C=O) groups excluding carboxylic acids is 1. The van der Waals surface area contributed by atoms with Gasteiger partial charge < -0.3 is 10.6 Å². The van der Waals surface area contributed by atoms with Crippen molar-refractivity contribution < 1.29 is 4.79 Å². The summed E-state index contributed by atoms with van der Waals surface area (Å²) in [7, 11) is 1.87. The summed E-state index contributed by atoms with van der Waals surface area (Å²) >= 11 is 0. The van der Waals surface area contributed by atoms with Crippen LogP contribution in [0, 0.1) is 0 Å². The summed E-state index contributed by atoms with van der Waals surface area (Å²) in [4.78, 5) is 23.3. The lowest BCUT2D eigenvalue weighted by molar-refractivity contribution is 0.257. The molecule has 0 spiro atoms. The number of pyridine rings is 2. The Morgan fingerprint density at radius 2 is 2.15 bits per heavy atom. The molecule has 4 heterocycles. The minimum atomic E-state index is -0.224. The first-order valence-corrected chi connectivity index (χ1v) is 8.44. The van der Waals surface area contributed by atoms with Crippen molar-refractivity contribution in [2.24, 2.45) is 7.05 Å². The summed E-state index contributed by atoms with van der Waals surface area (Å²) in [5.41, 5.74) is 3.16. The summed E-state index contributed by atoms with van der Waals surface area (Å²) < 4.78 is 1.76. The molecule has 1 aliphatic rings. The van der Waals surface area contributed by atoms with Crippen LogP contribution in [-0.4, -0.2) is 38.9 Å². The van der Waals surface area contributed by atoms with E-state index >= 15 is 0 Å². The number of nitrogens with zero attached hydrogens (tertiary/aromatic N) is 5. The molecule has 4 rings (SSSR count). The zero-order chi connectivity index (χ0) is 17.9. The first-order chi connectivity index (χ1) is 12.7. The number of urea groups is 1. The lowest BCUT2D eigenvalue weighted by Crippen LogP contribution is -2.36. The fourth-order valence-corrected chi connectivity index (χ4v) is 2.95. The van der Waals surface area contributed by atoms with E-state index < -0.39 is 0 Å². The SMILES string of the molecule is Cn1nccc1-c1ccc2c(n1)N(C(=O)Nc1cccnc1)CCCN2. The van der Waals surface area contributed by atoms with Crippen molar-refractivity contribution in [3.05, 3.63) is 48.9 Å². The third kappa shape index (κ3) is 3.08. The van der Waals surface area contributed by atoms with Gasteiger partial charge in [-0.05, 0) is 36.8 Å². The van der Waals surface area contributed by atoms with Gasteiger partial charge in [-0.2, -0.15) is 5.10 Å². The Labute approximate surface area is 150 Å². The lowest BCUT2D eigenvalue weighted by atomic mass is 10.2. The van der Waals surface area contributed by atoms with E-state index in [1.165, 1.54) is 0 Å². The molecule has 0 bridgehead atoms. The zero-order valence-corrected chi connectivity index (χ0v) is 14.4. The molecule has 8 nitrogen and oxygen atoms in total. The van der Waals surface area contributed by atoms with Gasteiger partial charge in [-0.3, -0.25) is 14.6 Å².